The van der Waals surface area contributed by atoms with E-state index in [1.807, 2.05) is 13.0 Å². The van der Waals surface area contributed by atoms with Crippen molar-refractivity contribution in [2.45, 2.75) is 20.3 Å². The summed E-state index contributed by atoms with van der Waals surface area (Å²) in [6, 6.07) is 2.01. The highest BCUT2D eigenvalue weighted by Crippen LogP contribution is 2.15. The summed E-state index contributed by atoms with van der Waals surface area (Å²) < 4.78 is 0. The maximum absolute atomic E-state index is 11.4. The van der Waals surface area contributed by atoms with Gasteiger partial charge in [-0.15, -0.1) is 0 Å². The van der Waals surface area contributed by atoms with Crippen LogP contribution in [0, 0.1) is 6.92 Å². The summed E-state index contributed by atoms with van der Waals surface area (Å²) in [6.07, 6.45) is 0.888. The van der Waals surface area contributed by atoms with Crippen LogP contribution in [0.5, 0.6) is 0 Å². The van der Waals surface area contributed by atoms with Gasteiger partial charge in [-0.05, 0) is 13.3 Å². The Hall–Kier alpha value is -1.69. The van der Waals surface area contributed by atoms with Crippen LogP contribution in [0.4, 0.5) is 5.82 Å². The number of aromatic nitrogens is 2. The number of amides is 1. The summed E-state index contributed by atoms with van der Waals surface area (Å²) in [7, 11) is 0. The zero-order valence-corrected chi connectivity index (χ0v) is 11.5. The molecule has 1 aliphatic rings. The minimum Gasteiger partial charge on any atom is -0.387 e. The van der Waals surface area contributed by atoms with Crippen LogP contribution in [0.25, 0.3) is 0 Å². The molecule has 0 atom stereocenters. The standard InChI is InChI=1S/C13H20N4O2/c1-3-11-8-12(15-10(2)14-11)16-4-6-17(7-5-16)13(19)9-18/h8,18H,3-7,9H2,1-2H3. The average Bonchev–Trinajstić information content (AvgIpc) is 2.46. The van der Waals surface area contributed by atoms with E-state index < -0.39 is 6.61 Å². The highest BCUT2D eigenvalue weighted by molar-refractivity contribution is 5.77. The van der Waals surface area contributed by atoms with Crippen LogP contribution in [0.2, 0.25) is 0 Å². The molecule has 0 unspecified atom stereocenters. The van der Waals surface area contributed by atoms with E-state index >= 15 is 0 Å². The summed E-state index contributed by atoms with van der Waals surface area (Å²) in [5, 5.41) is 8.85. The van der Waals surface area contributed by atoms with E-state index in [0.29, 0.717) is 13.1 Å². The predicted molar refractivity (Wildman–Crippen MR) is 72.0 cm³/mol. The molecule has 6 nitrogen and oxygen atoms in total. The van der Waals surface area contributed by atoms with Crippen LogP contribution in [-0.2, 0) is 11.2 Å². The number of aliphatic hydroxyl groups is 1. The van der Waals surface area contributed by atoms with Crippen LogP contribution in [0.15, 0.2) is 6.07 Å². The number of carbonyl (C=O) groups excluding carboxylic acids is 1. The number of anilines is 1. The maximum atomic E-state index is 11.4. The van der Waals surface area contributed by atoms with Gasteiger partial charge in [-0.3, -0.25) is 4.79 Å². The molecule has 0 spiro atoms. The van der Waals surface area contributed by atoms with Crippen molar-refractivity contribution in [3.05, 3.63) is 17.6 Å². The van der Waals surface area contributed by atoms with Crippen LogP contribution in [-0.4, -0.2) is 58.7 Å². The molecule has 0 aliphatic carbocycles. The van der Waals surface area contributed by atoms with Crippen molar-refractivity contribution >= 4 is 11.7 Å². The average molecular weight is 264 g/mol. The van der Waals surface area contributed by atoms with Gasteiger partial charge in [-0.2, -0.15) is 0 Å². The Balaban J connectivity index is 2.05. The van der Waals surface area contributed by atoms with Gasteiger partial charge in [-0.25, -0.2) is 9.97 Å². The molecule has 0 aromatic carbocycles. The molecule has 1 aromatic heterocycles. The second-order valence-corrected chi connectivity index (χ2v) is 4.64. The Labute approximate surface area is 113 Å². The molecule has 2 heterocycles. The fourth-order valence-electron chi connectivity index (χ4n) is 2.24. The van der Waals surface area contributed by atoms with Crippen LogP contribution < -0.4 is 4.90 Å². The second kappa shape index (κ2) is 5.97. The fraction of sp³-hybridized carbons (Fsp3) is 0.615. The van der Waals surface area contributed by atoms with Crippen molar-refractivity contribution in [2.24, 2.45) is 0 Å². The smallest absolute Gasteiger partial charge is 0.248 e. The van der Waals surface area contributed by atoms with Gasteiger partial charge in [-0.1, -0.05) is 6.92 Å². The van der Waals surface area contributed by atoms with Crippen molar-refractivity contribution in [1.82, 2.24) is 14.9 Å². The molecule has 0 bridgehead atoms. The van der Waals surface area contributed by atoms with Gasteiger partial charge in [0.05, 0.1) is 0 Å². The van der Waals surface area contributed by atoms with E-state index in [4.69, 9.17) is 5.11 Å². The zero-order chi connectivity index (χ0) is 13.8. The van der Waals surface area contributed by atoms with Gasteiger partial charge in [0.2, 0.25) is 5.91 Å². The van der Waals surface area contributed by atoms with Crippen molar-refractivity contribution in [3.63, 3.8) is 0 Å². The zero-order valence-electron chi connectivity index (χ0n) is 11.5. The van der Waals surface area contributed by atoms with E-state index in [0.717, 1.165) is 36.8 Å². The molecular weight excluding hydrogens is 244 g/mol. The highest BCUT2D eigenvalue weighted by atomic mass is 16.3. The molecular formula is C13H20N4O2. The first-order chi connectivity index (χ1) is 9.13. The second-order valence-electron chi connectivity index (χ2n) is 4.64. The number of rotatable bonds is 3. The Morgan fingerprint density at radius 3 is 2.58 bits per heavy atom. The molecule has 1 fully saturated rings. The molecule has 0 saturated carbocycles. The third-order valence-electron chi connectivity index (χ3n) is 3.33. The topological polar surface area (TPSA) is 69.6 Å². The molecule has 1 saturated heterocycles. The quantitative estimate of drug-likeness (QED) is 0.831. The molecule has 0 radical (unpaired) electrons. The van der Waals surface area contributed by atoms with Gasteiger partial charge in [0, 0.05) is 37.9 Å². The molecule has 1 N–H and O–H groups in total. The van der Waals surface area contributed by atoms with E-state index in [9.17, 15) is 4.79 Å². The minimum absolute atomic E-state index is 0.201. The molecule has 6 heteroatoms. The lowest BCUT2D eigenvalue weighted by Gasteiger charge is -2.35. The van der Waals surface area contributed by atoms with Crippen molar-refractivity contribution in [2.75, 3.05) is 37.7 Å². The Bertz CT molecular complexity index is 456. The van der Waals surface area contributed by atoms with Crippen LogP contribution in [0.3, 0.4) is 0 Å². The van der Waals surface area contributed by atoms with Crippen molar-refractivity contribution < 1.29 is 9.90 Å². The van der Waals surface area contributed by atoms with Gasteiger partial charge in [0.15, 0.2) is 0 Å². The van der Waals surface area contributed by atoms with E-state index in [-0.39, 0.29) is 5.91 Å². The van der Waals surface area contributed by atoms with E-state index in [2.05, 4.69) is 21.8 Å². The number of aliphatic hydroxyl groups excluding tert-OH is 1. The monoisotopic (exact) mass is 264 g/mol. The van der Waals surface area contributed by atoms with E-state index in [1.54, 1.807) is 4.90 Å². The Morgan fingerprint density at radius 2 is 2.00 bits per heavy atom. The number of piperazine rings is 1. The highest BCUT2D eigenvalue weighted by Gasteiger charge is 2.21. The molecule has 1 aliphatic heterocycles. The molecule has 1 amide bonds. The Morgan fingerprint density at radius 1 is 1.32 bits per heavy atom. The first kappa shape index (κ1) is 13.7. The number of nitrogens with zero attached hydrogens (tertiary/aromatic N) is 4. The summed E-state index contributed by atoms with van der Waals surface area (Å²) in [4.78, 5) is 24.1. The number of hydrogen-bond acceptors (Lipinski definition) is 5. The third-order valence-corrected chi connectivity index (χ3v) is 3.33. The number of aryl methyl sites for hydroxylation is 2. The predicted octanol–water partition coefficient (Wildman–Crippen LogP) is -0.0117. The lowest BCUT2D eigenvalue weighted by Crippen LogP contribution is -2.49. The van der Waals surface area contributed by atoms with Gasteiger partial charge in [0.1, 0.15) is 18.2 Å². The van der Waals surface area contributed by atoms with Gasteiger partial charge in [0.25, 0.3) is 0 Å². The molecule has 104 valence electrons. The SMILES string of the molecule is CCc1cc(N2CCN(C(=O)CO)CC2)nc(C)n1. The minimum atomic E-state index is -0.410. The largest absolute Gasteiger partial charge is 0.387 e. The molecule has 19 heavy (non-hydrogen) atoms. The third kappa shape index (κ3) is 3.20. The van der Waals surface area contributed by atoms with E-state index in [1.165, 1.54) is 0 Å². The molecule has 2 rings (SSSR count). The van der Waals surface area contributed by atoms with Crippen molar-refractivity contribution in [3.8, 4) is 0 Å². The number of hydrogen-bond donors (Lipinski definition) is 1. The van der Waals surface area contributed by atoms with Crippen molar-refractivity contribution in [1.29, 1.82) is 0 Å². The first-order valence-corrected chi connectivity index (χ1v) is 6.62. The summed E-state index contributed by atoms with van der Waals surface area (Å²) in [6.45, 7) is 6.30. The maximum Gasteiger partial charge on any atom is 0.248 e. The summed E-state index contributed by atoms with van der Waals surface area (Å²) in [5.41, 5.74) is 1.04. The van der Waals surface area contributed by atoms with Gasteiger partial charge < -0.3 is 14.9 Å². The Kier molecular flexibility index (Phi) is 4.31. The lowest BCUT2D eigenvalue weighted by atomic mass is 10.2. The summed E-state index contributed by atoms with van der Waals surface area (Å²) >= 11 is 0. The molecule has 1 aromatic rings. The normalized spacial score (nSPS) is 15.7. The van der Waals surface area contributed by atoms with Crippen LogP contribution >= 0.6 is 0 Å². The van der Waals surface area contributed by atoms with Crippen LogP contribution in [0.1, 0.15) is 18.4 Å². The number of carbonyl (C=O) groups is 1. The lowest BCUT2D eigenvalue weighted by molar-refractivity contribution is -0.134. The van der Waals surface area contributed by atoms with Gasteiger partial charge >= 0.3 is 0 Å². The fourth-order valence-corrected chi connectivity index (χ4v) is 2.24. The summed E-state index contributed by atoms with van der Waals surface area (Å²) in [5.74, 6) is 1.51. The first-order valence-electron chi connectivity index (χ1n) is 6.62.